The largest absolute Gasteiger partial charge is 0.347 e. The average molecular weight is 638 g/mol. The Morgan fingerprint density at radius 2 is 1.61 bits per heavy atom. The minimum absolute atomic E-state index is 0.0233. The second kappa shape index (κ2) is 14.3. The molecule has 1 aliphatic heterocycles. The number of ketones is 1. The first kappa shape index (κ1) is 34.3. The van der Waals surface area contributed by atoms with Gasteiger partial charge in [-0.3, -0.25) is 19.2 Å². The highest BCUT2D eigenvalue weighted by atomic mass is 32.2. The van der Waals surface area contributed by atoms with E-state index in [1.165, 1.54) is 4.90 Å². The third kappa shape index (κ3) is 8.80. The monoisotopic (exact) mass is 637 g/mol. The Labute approximate surface area is 263 Å². The molecule has 0 aromatic rings. The summed E-state index contributed by atoms with van der Waals surface area (Å²) in [6.45, 7) is 7.45. The summed E-state index contributed by atoms with van der Waals surface area (Å²) in [5.41, 5.74) is -1.58. The highest BCUT2D eigenvalue weighted by molar-refractivity contribution is 7.80. The lowest BCUT2D eigenvalue weighted by molar-refractivity contribution is -0.143. The van der Waals surface area contributed by atoms with Gasteiger partial charge in [-0.15, -0.1) is 0 Å². The summed E-state index contributed by atoms with van der Waals surface area (Å²) >= 11 is -2.14. The predicted octanol–water partition coefficient (Wildman–Crippen LogP) is 2.53. The molecule has 5 atom stereocenters. The van der Waals surface area contributed by atoms with Crippen molar-refractivity contribution in [3.8, 4) is 0 Å². The molecule has 3 saturated carbocycles. The SMILES string of the molecule is CC(S(=O)O)C1(NC(=O)NC(C(=O)N2CCCC2C(=O)NC(CCC2CC2)C(=O)C(=O)NC2CC2)C(C)(C)C)CCCCC1. The van der Waals surface area contributed by atoms with Crippen molar-refractivity contribution in [3.63, 3.8) is 0 Å². The van der Waals surface area contributed by atoms with Gasteiger partial charge in [0.1, 0.15) is 12.1 Å². The Bertz CT molecular complexity index is 1130. The molecule has 4 fully saturated rings. The number of hydrogen-bond acceptors (Lipinski definition) is 6. The van der Waals surface area contributed by atoms with E-state index in [-0.39, 0.29) is 6.04 Å². The Hall–Kier alpha value is -2.54. The Balaban J connectivity index is 1.44. The molecule has 44 heavy (non-hydrogen) atoms. The highest BCUT2D eigenvalue weighted by Gasteiger charge is 2.45. The number of amides is 5. The fourth-order valence-electron chi connectivity index (χ4n) is 6.51. The molecule has 0 radical (unpaired) electrons. The number of nitrogens with zero attached hydrogens (tertiary/aromatic N) is 1. The predicted molar refractivity (Wildman–Crippen MR) is 166 cm³/mol. The molecule has 13 heteroatoms. The van der Waals surface area contributed by atoms with Crippen molar-refractivity contribution in [1.29, 1.82) is 0 Å². The standard InChI is InChI=1S/C31H51N5O7S/c1-19(44(42)43)31(16-6-5-7-17-31)35-29(41)34-25(30(2,3)4)28(40)36-18-8-9-23(36)26(38)33-22(15-12-20-10-11-20)24(37)27(39)32-21-13-14-21/h19-23,25H,5-18H2,1-4H3,(H,32,39)(H,33,38)(H,42,43)(H2,34,35,41). The van der Waals surface area contributed by atoms with Gasteiger partial charge >= 0.3 is 6.03 Å². The molecule has 1 saturated heterocycles. The van der Waals surface area contributed by atoms with Crippen LogP contribution in [0.1, 0.15) is 111 Å². The third-order valence-corrected chi connectivity index (χ3v) is 10.8. The van der Waals surface area contributed by atoms with Gasteiger partial charge in [-0.25, -0.2) is 9.00 Å². The van der Waals surface area contributed by atoms with Crippen molar-refractivity contribution in [2.24, 2.45) is 11.3 Å². The van der Waals surface area contributed by atoms with Gasteiger partial charge in [0, 0.05) is 12.6 Å². The smallest absolute Gasteiger partial charge is 0.315 e. The number of Topliss-reactive ketones (excluding diaryl/α,β-unsaturated/α-hetero) is 1. The summed E-state index contributed by atoms with van der Waals surface area (Å²) < 4.78 is 21.9. The van der Waals surface area contributed by atoms with E-state index in [1.54, 1.807) is 6.92 Å². The van der Waals surface area contributed by atoms with Crippen molar-refractivity contribution in [2.45, 2.75) is 146 Å². The molecule has 0 aromatic carbocycles. The Morgan fingerprint density at radius 1 is 0.955 bits per heavy atom. The van der Waals surface area contributed by atoms with Gasteiger partial charge in [-0.2, -0.15) is 0 Å². The minimum atomic E-state index is -2.14. The highest BCUT2D eigenvalue weighted by Crippen LogP contribution is 2.35. The molecule has 3 aliphatic carbocycles. The lowest BCUT2D eigenvalue weighted by Gasteiger charge is -2.42. The van der Waals surface area contributed by atoms with Crippen LogP contribution >= 0.6 is 0 Å². The molecule has 4 rings (SSSR count). The topological polar surface area (TPSA) is 174 Å². The Morgan fingerprint density at radius 3 is 2.18 bits per heavy atom. The first-order chi connectivity index (χ1) is 20.7. The van der Waals surface area contributed by atoms with E-state index in [1.807, 2.05) is 20.8 Å². The molecule has 5 amide bonds. The van der Waals surface area contributed by atoms with Crippen molar-refractivity contribution in [2.75, 3.05) is 6.54 Å². The van der Waals surface area contributed by atoms with E-state index in [0.29, 0.717) is 44.6 Å². The van der Waals surface area contributed by atoms with Gasteiger partial charge in [0.25, 0.3) is 5.91 Å². The van der Waals surface area contributed by atoms with Crippen LogP contribution in [0.15, 0.2) is 0 Å². The summed E-state index contributed by atoms with van der Waals surface area (Å²) in [5.74, 6) is -1.69. The first-order valence-electron chi connectivity index (χ1n) is 16.4. The number of carbonyl (C=O) groups excluding carboxylic acids is 5. The van der Waals surface area contributed by atoms with Crippen LogP contribution in [0, 0.1) is 11.3 Å². The van der Waals surface area contributed by atoms with Gasteiger partial charge in [0.05, 0.1) is 16.8 Å². The fourth-order valence-corrected chi connectivity index (χ4v) is 7.19. The van der Waals surface area contributed by atoms with Crippen molar-refractivity contribution in [1.82, 2.24) is 26.2 Å². The van der Waals surface area contributed by atoms with Crippen LogP contribution < -0.4 is 21.3 Å². The van der Waals surface area contributed by atoms with Crippen LogP contribution in [0.3, 0.4) is 0 Å². The maximum atomic E-state index is 14.0. The second-order valence-corrected chi connectivity index (χ2v) is 15.7. The quantitative estimate of drug-likeness (QED) is 0.152. The summed E-state index contributed by atoms with van der Waals surface area (Å²) in [4.78, 5) is 68.1. The number of likely N-dealkylation sites (tertiary alicyclic amines) is 1. The lowest BCUT2D eigenvalue weighted by Crippen LogP contribution is -2.64. The zero-order chi connectivity index (χ0) is 32.2. The minimum Gasteiger partial charge on any atom is -0.347 e. The van der Waals surface area contributed by atoms with Crippen LogP contribution in [0.5, 0.6) is 0 Å². The molecule has 12 nitrogen and oxygen atoms in total. The van der Waals surface area contributed by atoms with Crippen molar-refractivity contribution < 1.29 is 32.7 Å². The number of rotatable bonds is 13. The van der Waals surface area contributed by atoms with E-state index >= 15 is 0 Å². The Kier molecular flexibility index (Phi) is 11.1. The molecule has 248 valence electrons. The van der Waals surface area contributed by atoms with Crippen molar-refractivity contribution >= 4 is 40.6 Å². The number of hydrogen-bond donors (Lipinski definition) is 5. The van der Waals surface area contributed by atoms with Gasteiger partial charge in [0.2, 0.25) is 17.6 Å². The van der Waals surface area contributed by atoms with Crippen LogP contribution in [0.2, 0.25) is 0 Å². The third-order valence-electron chi connectivity index (χ3n) is 9.75. The molecule has 5 N–H and O–H groups in total. The number of carbonyl (C=O) groups is 5. The van der Waals surface area contributed by atoms with Crippen molar-refractivity contribution in [3.05, 3.63) is 0 Å². The summed E-state index contributed by atoms with van der Waals surface area (Å²) in [5, 5.41) is 10.6. The van der Waals surface area contributed by atoms with Gasteiger partial charge < -0.3 is 30.7 Å². The van der Waals surface area contributed by atoms with Crippen LogP contribution in [0.4, 0.5) is 4.79 Å². The molecule has 5 unspecified atom stereocenters. The molecule has 1 heterocycles. The zero-order valence-corrected chi connectivity index (χ0v) is 27.4. The van der Waals surface area contributed by atoms with Gasteiger partial charge in [-0.1, -0.05) is 52.9 Å². The molecule has 0 spiro atoms. The van der Waals surface area contributed by atoms with E-state index in [0.717, 1.165) is 51.4 Å². The van der Waals surface area contributed by atoms with Crippen LogP contribution in [-0.4, -0.2) is 84.7 Å². The fraction of sp³-hybridized carbons (Fsp3) is 0.839. The molecular formula is C31H51N5O7S. The van der Waals surface area contributed by atoms with E-state index in [2.05, 4.69) is 21.3 Å². The first-order valence-corrected chi connectivity index (χ1v) is 17.5. The van der Waals surface area contributed by atoms with E-state index in [9.17, 15) is 32.7 Å². The summed E-state index contributed by atoms with van der Waals surface area (Å²) in [6.07, 6.45) is 9.72. The van der Waals surface area contributed by atoms with Gasteiger partial charge in [0.15, 0.2) is 11.1 Å². The van der Waals surface area contributed by atoms with Crippen LogP contribution in [0.25, 0.3) is 0 Å². The lowest BCUT2D eigenvalue weighted by atomic mass is 9.79. The second-order valence-electron chi connectivity index (χ2n) is 14.4. The number of urea groups is 1. The maximum absolute atomic E-state index is 14.0. The normalized spacial score (nSPS) is 24.4. The summed E-state index contributed by atoms with van der Waals surface area (Å²) in [7, 11) is 0. The maximum Gasteiger partial charge on any atom is 0.315 e. The van der Waals surface area contributed by atoms with Crippen LogP contribution in [-0.2, 0) is 30.3 Å². The molecular weight excluding hydrogens is 586 g/mol. The van der Waals surface area contributed by atoms with E-state index < -0.39 is 74.9 Å². The molecule has 4 aliphatic rings. The number of nitrogens with one attached hydrogen (secondary N) is 4. The molecule has 0 bridgehead atoms. The van der Waals surface area contributed by atoms with Gasteiger partial charge in [-0.05, 0) is 69.6 Å². The molecule has 0 aromatic heterocycles. The average Bonchev–Trinajstić information content (AvgIpc) is 3.91. The summed E-state index contributed by atoms with van der Waals surface area (Å²) in [6, 6.07) is -3.34. The zero-order valence-electron chi connectivity index (χ0n) is 26.6. The van der Waals surface area contributed by atoms with E-state index in [4.69, 9.17) is 0 Å².